The molecule has 0 spiro atoms. The average molecular weight is 202 g/mol. The molecule has 0 saturated heterocycles. The second-order valence-electron chi connectivity index (χ2n) is 3.17. The Kier molecular flexibility index (Phi) is 1.93. The molecule has 64 valence electrons. The number of nitrogens with zero attached hydrogens (tertiary/aromatic N) is 1. The van der Waals surface area contributed by atoms with Gasteiger partial charge in [0.15, 0.2) is 0 Å². The molecule has 4 heteroatoms. The summed E-state index contributed by atoms with van der Waals surface area (Å²) in [6, 6.07) is 1.79. The third-order valence-corrected chi connectivity index (χ3v) is 3.65. The predicted octanol–water partition coefficient (Wildman–Crippen LogP) is 3.40. The smallest absolute Gasteiger partial charge is 0.129 e. The summed E-state index contributed by atoms with van der Waals surface area (Å²) >= 11 is 7.31. The average Bonchev–Trinajstić information content (AvgIpc) is 2.43. The van der Waals surface area contributed by atoms with Crippen LogP contribution in [0.5, 0.6) is 0 Å². The summed E-state index contributed by atoms with van der Waals surface area (Å²) in [6.45, 7) is 2.05. The summed E-state index contributed by atoms with van der Waals surface area (Å²) in [4.78, 5) is 11.6. The number of halogens is 1. The molecule has 1 heterocycles. The Balaban J connectivity index is 2.44. The van der Waals surface area contributed by atoms with Crippen LogP contribution in [0.3, 0.4) is 0 Å². The van der Waals surface area contributed by atoms with Gasteiger partial charge in [0, 0.05) is 4.88 Å². The maximum atomic E-state index is 10.5. The molecule has 2 unspecified atom stereocenters. The van der Waals surface area contributed by atoms with E-state index in [4.69, 9.17) is 11.6 Å². The Hall–Kier alpha value is -0.410. The topological polar surface area (TPSA) is 29.4 Å². The predicted molar refractivity (Wildman–Crippen MR) is 50.7 cm³/mol. The summed E-state index contributed by atoms with van der Waals surface area (Å²) in [5.74, 6) is 0.348. The van der Waals surface area contributed by atoms with Crippen molar-refractivity contribution in [3.05, 3.63) is 25.8 Å². The van der Waals surface area contributed by atoms with Crippen LogP contribution >= 0.6 is 22.9 Å². The number of hydrogen-bond acceptors (Lipinski definition) is 3. The zero-order chi connectivity index (χ0) is 8.72. The van der Waals surface area contributed by atoms with Gasteiger partial charge in [0.2, 0.25) is 0 Å². The lowest BCUT2D eigenvalue weighted by atomic mass is 10.1. The number of nitroso groups, excluding NO2 is 1. The fraction of sp³-hybridized carbons (Fsp3) is 0.500. The third kappa shape index (κ3) is 1.08. The van der Waals surface area contributed by atoms with Crippen molar-refractivity contribution in [2.24, 2.45) is 11.1 Å². The second kappa shape index (κ2) is 2.82. The molecule has 1 aliphatic carbocycles. The fourth-order valence-electron chi connectivity index (χ4n) is 1.69. The number of thiophene rings is 1. The van der Waals surface area contributed by atoms with Crippen LogP contribution in [0.1, 0.15) is 23.4 Å². The molecule has 12 heavy (non-hydrogen) atoms. The molecule has 1 aromatic heterocycles. The molecule has 0 amide bonds. The summed E-state index contributed by atoms with van der Waals surface area (Å²) in [5.41, 5.74) is 1.21. The molecule has 0 N–H and O–H groups in total. The molecule has 2 rings (SSSR count). The number of hydrogen-bond donors (Lipinski definition) is 0. The lowest BCUT2D eigenvalue weighted by molar-refractivity contribution is 0.516. The normalized spacial score (nSPS) is 27.2. The highest BCUT2D eigenvalue weighted by Crippen LogP contribution is 2.44. The first kappa shape index (κ1) is 8.20. The highest BCUT2D eigenvalue weighted by Gasteiger charge is 2.32. The molecule has 0 aromatic carbocycles. The van der Waals surface area contributed by atoms with Gasteiger partial charge in [-0.3, -0.25) is 0 Å². The zero-order valence-corrected chi connectivity index (χ0v) is 8.15. The Bertz CT molecular complexity index is 323. The van der Waals surface area contributed by atoms with Crippen molar-refractivity contribution in [2.45, 2.75) is 19.4 Å². The van der Waals surface area contributed by atoms with Gasteiger partial charge in [-0.1, -0.05) is 23.7 Å². The van der Waals surface area contributed by atoms with Crippen LogP contribution in [0, 0.1) is 10.8 Å². The van der Waals surface area contributed by atoms with Crippen LogP contribution in [0.25, 0.3) is 0 Å². The first-order chi connectivity index (χ1) is 5.72. The van der Waals surface area contributed by atoms with Gasteiger partial charge in [0.1, 0.15) is 6.04 Å². The molecule has 0 saturated carbocycles. The van der Waals surface area contributed by atoms with Crippen LogP contribution in [0.2, 0.25) is 4.34 Å². The SMILES string of the molecule is CC1Cc2cc(Cl)sc2C1N=O. The Morgan fingerprint density at radius 1 is 1.75 bits per heavy atom. The van der Waals surface area contributed by atoms with Crippen molar-refractivity contribution >= 4 is 22.9 Å². The maximum Gasteiger partial charge on any atom is 0.129 e. The minimum absolute atomic E-state index is 0.155. The van der Waals surface area contributed by atoms with Crippen LogP contribution in [0.15, 0.2) is 11.2 Å². The highest BCUT2D eigenvalue weighted by atomic mass is 35.5. The molecular weight excluding hydrogens is 194 g/mol. The van der Waals surface area contributed by atoms with Gasteiger partial charge >= 0.3 is 0 Å². The molecular formula is C8H8ClNOS. The molecule has 2 atom stereocenters. The quantitative estimate of drug-likeness (QED) is 0.641. The zero-order valence-electron chi connectivity index (χ0n) is 6.58. The van der Waals surface area contributed by atoms with E-state index in [0.29, 0.717) is 5.92 Å². The van der Waals surface area contributed by atoms with E-state index in [9.17, 15) is 4.91 Å². The molecule has 0 aliphatic heterocycles. The van der Waals surface area contributed by atoms with Crippen LogP contribution in [-0.4, -0.2) is 0 Å². The summed E-state index contributed by atoms with van der Waals surface area (Å²) in [7, 11) is 0. The largest absolute Gasteiger partial charge is 0.150 e. The van der Waals surface area contributed by atoms with Crippen LogP contribution in [-0.2, 0) is 6.42 Å². The van der Waals surface area contributed by atoms with Gasteiger partial charge in [-0.15, -0.1) is 11.3 Å². The van der Waals surface area contributed by atoms with Crippen molar-refractivity contribution in [2.75, 3.05) is 0 Å². The Morgan fingerprint density at radius 2 is 2.50 bits per heavy atom. The maximum absolute atomic E-state index is 10.5. The van der Waals surface area contributed by atoms with Crippen molar-refractivity contribution in [1.29, 1.82) is 0 Å². The number of rotatable bonds is 1. The standard InChI is InChI=1S/C8H8ClNOS/c1-4-2-5-3-6(9)12-8(5)7(4)10-11/h3-4,7H,2H2,1H3. The molecule has 0 bridgehead atoms. The van der Waals surface area contributed by atoms with E-state index in [-0.39, 0.29) is 6.04 Å². The van der Waals surface area contributed by atoms with E-state index in [1.54, 1.807) is 0 Å². The van der Waals surface area contributed by atoms with Gasteiger partial charge in [0.05, 0.1) is 4.34 Å². The van der Waals surface area contributed by atoms with Crippen LogP contribution < -0.4 is 0 Å². The minimum Gasteiger partial charge on any atom is -0.150 e. The van der Waals surface area contributed by atoms with E-state index in [1.165, 1.54) is 16.9 Å². The van der Waals surface area contributed by atoms with Crippen molar-refractivity contribution in [1.82, 2.24) is 0 Å². The Morgan fingerprint density at radius 3 is 3.17 bits per heavy atom. The molecule has 2 nitrogen and oxygen atoms in total. The van der Waals surface area contributed by atoms with Crippen molar-refractivity contribution < 1.29 is 0 Å². The molecule has 1 aliphatic rings. The lowest BCUT2D eigenvalue weighted by Crippen LogP contribution is -1.98. The Labute approximate surface area is 79.5 Å². The summed E-state index contributed by atoms with van der Waals surface area (Å²) in [6.07, 6.45) is 0.939. The fourth-order valence-corrected chi connectivity index (χ4v) is 3.15. The molecule has 0 fully saturated rings. The second-order valence-corrected chi connectivity index (χ2v) is 4.89. The number of fused-ring (bicyclic) bond motifs is 1. The summed E-state index contributed by atoms with van der Waals surface area (Å²) < 4.78 is 0.764. The monoisotopic (exact) mass is 201 g/mol. The van der Waals surface area contributed by atoms with E-state index in [1.807, 2.05) is 13.0 Å². The van der Waals surface area contributed by atoms with Gasteiger partial charge in [-0.25, -0.2) is 0 Å². The summed E-state index contributed by atoms with van der Waals surface area (Å²) in [5, 5.41) is 3.12. The van der Waals surface area contributed by atoms with E-state index in [2.05, 4.69) is 5.18 Å². The minimum atomic E-state index is -0.155. The van der Waals surface area contributed by atoms with Gasteiger partial charge in [-0.2, -0.15) is 4.91 Å². The van der Waals surface area contributed by atoms with E-state index >= 15 is 0 Å². The molecule has 1 aromatic rings. The molecule has 0 radical (unpaired) electrons. The van der Waals surface area contributed by atoms with Crippen molar-refractivity contribution in [3.8, 4) is 0 Å². The van der Waals surface area contributed by atoms with Gasteiger partial charge in [-0.05, 0) is 24.0 Å². The van der Waals surface area contributed by atoms with E-state index < -0.39 is 0 Å². The van der Waals surface area contributed by atoms with Crippen LogP contribution in [0.4, 0.5) is 0 Å². The first-order valence-electron chi connectivity index (χ1n) is 3.83. The van der Waals surface area contributed by atoms with E-state index in [0.717, 1.165) is 15.6 Å². The lowest BCUT2D eigenvalue weighted by Gasteiger charge is -2.04. The van der Waals surface area contributed by atoms with Gasteiger partial charge in [0.25, 0.3) is 0 Å². The third-order valence-electron chi connectivity index (χ3n) is 2.27. The van der Waals surface area contributed by atoms with Crippen molar-refractivity contribution in [3.63, 3.8) is 0 Å². The van der Waals surface area contributed by atoms with Gasteiger partial charge < -0.3 is 0 Å². The highest BCUT2D eigenvalue weighted by molar-refractivity contribution is 7.16. The first-order valence-corrected chi connectivity index (χ1v) is 5.02.